The second-order valence-electron chi connectivity index (χ2n) is 3.48. The van der Waals surface area contributed by atoms with Crippen molar-refractivity contribution in [2.75, 3.05) is 13.2 Å². The molecule has 2 rings (SSSR count). The average molecular weight is 197 g/mol. The number of ether oxygens (including phenoxy) is 1. The predicted molar refractivity (Wildman–Crippen MR) is 49.5 cm³/mol. The highest BCUT2D eigenvalue weighted by Gasteiger charge is 2.32. The van der Waals surface area contributed by atoms with E-state index in [-0.39, 0.29) is 6.10 Å². The summed E-state index contributed by atoms with van der Waals surface area (Å²) in [4.78, 5) is 4.25. The van der Waals surface area contributed by atoms with Crippen molar-refractivity contribution < 1.29 is 9.26 Å². The smallest absolute Gasteiger partial charge is 0.256 e. The zero-order chi connectivity index (χ0) is 9.97. The minimum absolute atomic E-state index is 0.0900. The summed E-state index contributed by atoms with van der Waals surface area (Å²) in [5.41, 5.74) is 5.63. The molecule has 0 saturated carbocycles. The molecule has 2 N–H and O–H groups in total. The molecule has 1 fully saturated rings. The number of nitrogens with zero attached hydrogens (tertiary/aromatic N) is 2. The van der Waals surface area contributed by atoms with E-state index in [1.165, 1.54) is 0 Å². The van der Waals surface area contributed by atoms with E-state index in [0.717, 1.165) is 25.3 Å². The number of aryl methyl sites for hydroxylation is 1. The molecule has 0 radical (unpaired) electrons. The molecule has 1 saturated heterocycles. The van der Waals surface area contributed by atoms with Gasteiger partial charge in [0.1, 0.15) is 6.10 Å². The number of rotatable bonds is 3. The first-order chi connectivity index (χ1) is 6.85. The molecule has 78 valence electrons. The standard InChI is InChI=1S/C9H15N3O2/c1-2-7-11-9(14-12-7)8-6(5-10)3-4-13-8/h6,8H,2-5,10H2,1H3. The van der Waals surface area contributed by atoms with Crippen molar-refractivity contribution in [1.29, 1.82) is 0 Å². The highest BCUT2D eigenvalue weighted by molar-refractivity contribution is 4.95. The van der Waals surface area contributed by atoms with E-state index in [0.29, 0.717) is 18.4 Å². The van der Waals surface area contributed by atoms with Crippen LogP contribution in [0.15, 0.2) is 4.52 Å². The Labute approximate surface area is 82.6 Å². The van der Waals surface area contributed by atoms with Crippen LogP contribution in [0.25, 0.3) is 0 Å². The lowest BCUT2D eigenvalue weighted by molar-refractivity contribution is 0.0642. The van der Waals surface area contributed by atoms with Gasteiger partial charge < -0.3 is 15.0 Å². The van der Waals surface area contributed by atoms with Crippen molar-refractivity contribution in [3.05, 3.63) is 11.7 Å². The molecule has 1 aromatic rings. The summed E-state index contributed by atoms with van der Waals surface area (Å²) in [6.45, 7) is 3.33. The lowest BCUT2D eigenvalue weighted by Crippen LogP contribution is -2.18. The number of aromatic nitrogens is 2. The van der Waals surface area contributed by atoms with Crippen LogP contribution in [0.3, 0.4) is 0 Å². The molecule has 2 heterocycles. The maximum absolute atomic E-state index is 5.63. The van der Waals surface area contributed by atoms with Gasteiger partial charge in [0.2, 0.25) is 0 Å². The van der Waals surface area contributed by atoms with Crippen LogP contribution in [0.1, 0.15) is 31.2 Å². The molecule has 0 spiro atoms. The molecule has 5 heteroatoms. The molecule has 0 aliphatic carbocycles. The molecule has 1 aliphatic rings. The molecule has 0 amide bonds. The van der Waals surface area contributed by atoms with E-state index in [1.54, 1.807) is 0 Å². The average Bonchev–Trinajstić information content (AvgIpc) is 2.85. The van der Waals surface area contributed by atoms with Gasteiger partial charge >= 0.3 is 0 Å². The molecule has 2 unspecified atom stereocenters. The Morgan fingerprint density at radius 2 is 2.43 bits per heavy atom. The van der Waals surface area contributed by atoms with E-state index in [1.807, 2.05) is 6.92 Å². The summed E-state index contributed by atoms with van der Waals surface area (Å²) in [5, 5.41) is 3.84. The normalized spacial score (nSPS) is 27.0. The first-order valence-electron chi connectivity index (χ1n) is 4.99. The van der Waals surface area contributed by atoms with Gasteiger partial charge in [0, 0.05) is 18.9 Å². The summed E-state index contributed by atoms with van der Waals surface area (Å²) < 4.78 is 10.7. The summed E-state index contributed by atoms with van der Waals surface area (Å²) in [6, 6.07) is 0. The maximum atomic E-state index is 5.63. The summed E-state index contributed by atoms with van der Waals surface area (Å²) in [6.07, 6.45) is 1.67. The Morgan fingerprint density at radius 1 is 1.57 bits per heavy atom. The third-order valence-corrected chi connectivity index (χ3v) is 2.56. The monoisotopic (exact) mass is 197 g/mol. The Bertz CT molecular complexity index is 300. The van der Waals surface area contributed by atoms with E-state index in [2.05, 4.69) is 10.1 Å². The van der Waals surface area contributed by atoms with Crippen LogP contribution in [-0.4, -0.2) is 23.3 Å². The molecular formula is C9H15N3O2. The SMILES string of the molecule is CCc1noc(C2OCCC2CN)n1. The molecule has 0 aromatic carbocycles. The Kier molecular flexibility index (Phi) is 2.79. The Balaban J connectivity index is 2.13. The molecule has 0 bridgehead atoms. The van der Waals surface area contributed by atoms with Crippen LogP contribution in [0, 0.1) is 5.92 Å². The highest BCUT2D eigenvalue weighted by atomic mass is 16.5. The second kappa shape index (κ2) is 4.06. The van der Waals surface area contributed by atoms with Crippen LogP contribution >= 0.6 is 0 Å². The highest BCUT2D eigenvalue weighted by Crippen LogP contribution is 2.32. The van der Waals surface area contributed by atoms with Crippen molar-refractivity contribution in [2.24, 2.45) is 11.7 Å². The van der Waals surface area contributed by atoms with Gasteiger partial charge in [0.25, 0.3) is 5.89 Å². The van der Waals surface area contributed by atoms with Crippen molar-refractivity contribution in [3.63, 3.8) is 0 Å². The summed E-state index contributed by atoms with van der Waals surface area (Å²) in [5.74, 6) is 1.63. The van der Waals surface area contributed by atoms with Crippen LogP contribution in [-0.2, 0) is 11.2 Å². The molecule has 5 nitrogen and oxygen atoms in total. The quantitative estimate of drug-likeness (QED) is 0.770. The van der Waals surface area contributed by atoms with E-state index in [9.17, 15) is 0 Å². The summed E-state index contributed by atoms with van der Waals surface area (Å²) >= 11 is 0. The van der Waals surface area contributed by atoms with Gasteiger partial charge in [0.15, 0.2) is 5.82 Å². The topological polar surface area (TPSA) is 74.2 Å². The minimum Gasteiger partial charge on any atom is -0.368 e. The molecule has 2 atom stereocenters. The number of hydrogen-bond donors (Lipinski definition) is 1. The van der Waals surface area contributed by atoms with Gasteiger partial charge in [-0.25, -0.2) is 0 Å². The van der Waals surface area contributed by atoms with Gasteiger partial charge in [-0.05, 0) is 13.0 Å². The molecule has 1 aromatic heterocycles. The third kappa shape index (κ3) is 1.65. The fourth-order valence-electron chi connectivity index (χ4n) is 1.67. The van der Waals surface area contributed by atoms with Gasteiger partial charge in [-0.1, -0.05) is 12.1 Å². The van der Waals surface area contributed by atoms with E-state index >= 15 is 0 Å². The lowest BCUT2D eigenvalue weighted by atomic mass is 10.0. The van der Waals surface area contributed by atoms with Crippen LogP contribution in [0.5, 0.6) is 0 Å². The largest absolute Gasteiger partial charge is 0.368 e. The van der Waals surface area contributed by atoms with Crippen LogP contribution < -0.4 is 5.73 Å². The van der Waals surface area contributed by atoms with Gasteiger partial charge in [-0.3, -0.25) is 0 Å². The molecule has 14 heavy (non-hydrogen) atoms. The van der Waals surface area contributed by atoms with Gasteiger partial charge in [0.05, 0.1) is 0 Å². The van der Waals surface area contributed by atoms with Gasteiger partial charge in [-0.2, -0.15) is 4.98 Å². The first kappa shape index (κ1) is 9.61. The van der Waals surface area contributed by atoms with Crippen molar-refractivity contribution >= 4 is 0 Å². The fraction of sp³-hybridized carbons (Fsp3) is 0.778. The van der Waals surface area contributed by atoms with Crippen LogP contribution in [0.4, 0.5) is 0 Å². The van der Waals surface area contributed by atoms with Crippen LogP contribution in [0.2, 0.25) is 0 Å². The third-order valence-electron chi connectivity index (χ3n) is 2.56. The zero-order valence-electron chi connectivity index (χ0n) is 8.27. The predicted octanol–water partition coefficient (Wildman–Crippen LogP) is 0.668. The Morgan fingerprint density at radius 3 is 3.07 bits per heavy atom. The summed E-state index contributed by atoms with van der Waals surface area (Å²) in [7, 11) is 0. The zero-order valence-corrected chi connectivity index (χ0v) is 8.27. The number of hydrogen-bond acceptors (Lipinski definition) is 5. The fourth-order valence-corrected chi connectivity index (χ4v) is 1.67. The van der Waals surface area contributed by atoms with Crippen molar-refractivity contribution in [2.45, 2.75) is 25.9 Å². The Hall–Kier alpha value is -0.940. The minimum atomic E-state index is -0.0900. The maximum Gasteiger partial charge on any atom is 0.256 e. The van der Waals surface area contributed by atoms with Crippen molar-refractivity contribution in [3.8, 4) is 0 Å². The number of nitrogens with two attached hydrogens (primary N) is 1. The van der Waals surface area contributed by atoms with Crippen molar-refractivity contribution in [1.82, 2.24) is 10.1 Å². The second-order valence-corrected chi connectivity index (χ2v) is 3.48. The van der Waals surface area contributed by atoms with Gasteiger partial charge in [-0.15, -0.1) is 0 Å². The molecular weight excluding hydrogens is 182 g/mol. The first-order valence-corrected chi connectivity index (χ1v) is 4.99. The van der Waals surface area contributed by atoms with E-state index < -0.39 is 0 Å². The van der Waals surface area contributed by atoms with E-state index in [4.69, 9.17) is 15.0 Å². The lowest BCUT2D eigenvalue weighted by Gasteiger charge is -2.11. The molecule has 1 aliphatic heterocycles.